The molecule has 4 nitrogen and oxygen atoms in total. The summed E-state index contributed by atoms with van der Waals surface area (Å²) in [6.07, 6.45) is 1.76. The summed E-state index contributed by atoms with van der Waals surface area (Å²) < 4.78 is 0.915. The number of aromatic amines is 1. The number of imidazole rings is 1. The molecule has 4 rings (SSSR count). The summed E-state index contributed by atoms with van der Waals surface area (Å²) >= 11 is 9.43. The Morgan fingerprint density at radius 3 is 2.72 bits per heavy atom. The maximum absolute atomic E-state index is 6.01. The van der Waals surface area contributed by atoms with Crippen molar-refractivity contribution in [3.05, 3.63) is 75.9 Å². The summed E-state index contributed by atoms with van der Waals surface area (Å²) in [6, 6.07) is 17.9. The monoisotopic (exact) mass is 412 g/mol. The van der Waals surface area contributed by atoms with E-state index in [1.165, 1.54) is 0 Å². The standard InChI is InChI=1S/C19H14BrClN4/c20-14-9-17-19(23-11-14)25-18(24-17)13-4-6-16(7-5-13)22-10-12-2-1-3-15(21)8-12/h1-9,11,22H,10H2,(H,23,24,25). The molecule has 0 aliphatic heterocycles. The van der Waals surface area contributed by atoms with E-state index < -0.39 is 0 Å². The van der Waals surface area contributed by atoms with Gasteiger partial charge < -0.3 is 10.3 Å². The molecule has 6 heteroatoms. The highest BCUT2D eigenvalue weighted by molar-refractivity contribution is 9.10. The van der Waals surface area contributed by atoms with Gasteiger partial charge in [-0.15, -0.1) is 0 Å². The Hall–Kier alpha value is -2.37. The molecular formula is C19H14BrClN4. The molecule has 4 aromatic rings. The van der Waals surface area contributed by atoms with Gasteiger partial charge in [-0.1, -0.05) is 23.7 Å². The van der Waals surface area contributed by atoms with Gasteiger partial charge in [0, 0.05) is 33.5 Å². The Morgan fingerprint density at radius 1 is 1.08 bits per heavy atom. The molecule has 0 bridgehead atoms. The average molecular weight is 414 g/mol. The van der Waals surface area contributed by atoms with Crippen LogP contribution in [0.3, 0.4) is 0 Å². The molecule has 0 atom stereocenters. The number of hydrogen-bond donors (Lipinski definition) is 2. The van der Waals surface area contributed by atoms with Gasteiger partial charge in [-0.25, -0.2) is 9.97 Å². The minimum Gasteiger partial charge on any atom is -0.381 e. The second-order valence-electron chi connectivity index (χ2n) is 5.67. The number of pyridine rings is 1. The Kier molecular flexibility index (Phi) is 4.42. The molecule has 2 aromatic carbocycles. The number of rotatable bonds is 4. The van der Waals surface area contributed by atoms with Gasteiger partial charge >= 0.3 is 0 Å². The lowest BCUT2D eigenvalue weighted by molar-refractivity contribution is 1.15. The average Bonchev–Trinajstić information content (AvgIpc) is 3.03. The van der Waals surface area contributed by atoms with Gasteiger partial charge in [-0.2, -0.15) is 0 Å². The molecule has 124 valence electrons. The highest BCUT2D eigenvalue weighted by atomic mass is 79.9. The van der Waals surface area contributed by atoms with Crippen LogP contribution in [0, 0.1) is 0 Å². The third-order valence-electron chi connectivity index (χ3n) is 3.85. The zero-order chi connectivity index (χ0) is 17.2. The van der Waals surface area contributed by atoms with Gasteiger partial charge in [0.2, 0.25) is 0 Å². The van der Waals surface area contributed by atoms with Crippen LogP contribution >= 0.6 is 27.5 Å². The molecule has 0 saturated carbocycles. The minimum atomic E-state index is 0.725. The summed E-state index contributed by atoms with van der Waals surface area (Å²) in [5, 5.41) is 4.14. The normalized spacial score (nSPS) is 11.0. The summed E-state index contributed by atoms with van der Waals surface area (Å²) in [7, 11) is 0. The third-order valence-corrected chi connectivity index (χ3v) is 4.52. The molecule has 0 aliphatic carbocycles. The number of aromatic nitrogens is 3. The summed E-state index contributed by atoms with van der Waals surface area (Å²) in [5.74, 6) is 0.807. The van der Waals surface area contributed by atoms with E-state index in [1.807, 2.05) is 54.6 Å². The van der Waals surface area contributed by atoms with E-state index >= 15 is 0 Å². The van der Waals surface area contributed by atoms with Crippen molar-refractivity contribution >= 4 is 44.4 Å². The lowest BCUT2D eigenvalue weighted by atomic mass is 10.2. The van der Waals surface area contributed by atoms with Crippen molar-refractivity contribution in [3.8, 4) is 11.4 Å². The molecule has 2 aromatic heterocycles. The van der Waals surface area contributed by atoms with E-state index in [0.29, 0.717) is 0 Å². The van der Waals surface area contributed by atoms with Gasteiger partial charge in [0.15, 0.2) is 5.65 Å². The number of H-pyrrole nitrogens is 1. The quantitative estimate of drug-likeness (QED) is 0.454. The lowest BCUT2D eigenvalue weighted by Crippen LogP contribution is -1.99. The molecule has 0 amide bonds. The predicted molar refractivity (Wildman–Crippen MR) is 106 cm³/mol. The van der Waals surface area contributed by atoms with E-state index in [1.54, 1.807) is 6.20 Å². The number of nitrogens with zero attached hydrogens (tertiary/aromatic N) is 2. The number of halogens is 2. The Labute approximate surface area is 158 Å². The fourth-order valence-electron chi connectivity index (χ4n) is 2.60. The van der Waals surface area contributed by atoms with Crippen molar-refractivity contribution in [3.63, 3.8) is 0 Å². The summed E-state index contributed by atoms with van der Waals surface area (Å²) in [4.78, 5) is 12.2. The van der Waals surface area contributed by atoms with E-state index in [9.17, 15) is 0 Å². The second kappa shape index (κ2) is 6.86. The molecule has 2 heterocycles. The zero-order valence-electron chi connectivity index (χ0n) is 13.1. The third kappa shape index (κ3) is 3.67. The molecule has 0 aliphatic rings. The van der Waals surface area contributed by atoms with Crippen LogP contribution in [0.15, 0.2) is 65.3 Å². The van der Waals surface area contributed by atoms with E-state index in [0.717, 1.165) is 49.8 Å². The lowest BCUT2D eigenvalue weighted by Gasteiger charge is -2.07. The first-order chi connectivity index (χ1) is 12.2. The Morgan fingerprint density at radius 2 is 1.92 bits per heavy atom. The molecular weight excluding hydrogens is 400 g/mol. The van der Waals surface area contributed by atoms with Crippen molar-refractivity contribution in [1.29, 1.82) is 0 Å². The van der Waals surface area contributed by atoms with Crippen molar-refractivity contribution in [2.45, 2.75) is 6.54 Å². The van der Waals surface area contributed by atoms with Crippen LogP contribution in [-0.4, -0.2) is 15.0 Å². The molecule has 0 radical (unpaired) electrons. The topological polar surface area (TPSA) is 53.6 Å². The predicted octanol–water partition coefficient (Wildman–Crippen LogP) is 5.65. The zero-order valence-corrected chi connectivity index (χ0v) is 15.5. The van der Waals surface area contributed by atoms with E-state index in [2.05, 4.69) is 36.2 Å². The van der Waals surface area contributed by atoms with Gasteiger partial charge in [0.1, 0.15) is 11.3 Å². The largest absolute Gasteiger partial charge is 0.381 e. The van der Waals surface area contributed by atoms with Crippen LogP contribution in [0.2, 0.25) is 5.02 Å². The minimum absolute atomic E-state index is 0.725. The molecule has 0 unspecified atom stereocenters. The van der Waals surface area contributed by atoms with Gasteiger partial charge in [-0.05, 0) is 64.0 Å². The van der Waals surface area contributed by atoms with Crippen LogP contribution in [0.25, 0.3) is 22.6 Å². The Bertz CT molecular complexity index is 1030. The van der Waals surface area contributed by atoms with Crippen LogP contribution < -0.4 is 5.32 Å². The van der Waals surface area contributed by atoms with Crippen molar-refractivity contribution < 1.29 is 0 Å². The molecule has 2 N–H and O–H groups in total. The number of fused-ring (bicyclic) bond motifs is 1. The number of nitrogens with one attached hydrogen (secondary N) is 2. The first-order valence-electron chi connectivity index (χ1n) is 7.77. The van der Waals surface area contributed by atoms with Crippen LogP contribution in [0.4, 0.5) is 5.69 Å². The van der Waals surface area contributed by atoms with Gasteiger partial charge in [0.25, 0.3) is 0 Å². The van der Waals surface area contributed by atoms with Gasteiger partial charge in [-0.3, -0.25) is 0 Å². The number of hydrogen-bond acceptors (Lipinski definition) is 3. The van der Waals surface area contributed by atoms with E-state index in [-0.39, 0.29) is 0 Å². The molecule has 0 spiro atoms. The fourth-order valence-corrected chi connectivity index (χ4v) is 3.14. The second-order valence-corrected chi connectivity index (χ2v) is 7.02. The number of anilines is 1. The van der Waals surface area contributed by atoms with Crippen molar-refractivity contribution in [1.82, 2.24) is 15.0 Å². The molecule has 0 fully saturated rings. The molecule has 0 saturated heterocycles. The van der Waals surface area contributed by atoms with Gasteiger partial charge in [0.05, 0.1) is 0 Å². The maximum Gasteiger partial charge on any atom is 0.157 e. The smallest absolute Gasteiger partial charge is 0.157 e. The van der Waals surface area contributed by atoms with Crippen LogP contribution in [0.5, 0.6) is 0 Å². The van der Waals surface area contributed by atoms with E-state index in [4.69, 9.17) is 11.6 Å². The number of benzene rings is 2. The maximum atomic E-state index is 6.01. The highest BCUT2D eigenvalue weighted by Crippen LogP contribution is 2.23. The van der Waals surface area contributed by atoms with Crippen LogP contribution in [0.1, 0.15) is 5.56 Å². The van der Waals surface area contributed by atoms with Crippen molar-refractivity contribution in [2.24, 2.45) is 0 Å². The van der Waals surface area contributed by atoms with Crippen LogP contribution in [-0.2, 0) is 6.54 Å². The molecule has 25 heavy (non-hydrogen) atoms. The summed E-state index contributed by atoms with van der Waals surface area (Å²) in [5.41, 5.74) is 4.82. The summed E-state index contributed by atoms with van der Waals surface area (Å²) in [6.45, 7) is 0.725. The van der Waals surface area contributed by atoms with Crippen molar-refractivity contribution in [2.75, 3.05) is 5.32 Å². The Balaban J connectivity index is 1.50. The highest BCUT2D eigenvalue weighted by Gasteiger charge is 2.06. The SMILES string of the molecule is Clc1cccc(CNc2ccc(-c3nc4cc(Br)cnc4[nH]3)cc2)c1. The first-order valence-corrected chi connectivity index (χ1v) is 8.94. The fraction of sp³-hybridized carbons (Fsp3) is 0.0526. The first kappa shape index (κ1) is 16.1.